The third-order valence-electron chi connectivity index (χ3n) is 4.76. The number of aromatic hydroxyl groups is 1. The zero-order chi connectivity index (χ0) is 15.6. The molecule has 0 spiro atoms. The van der Waals surface area contributed by atoms with E-state index < -0.39 is 0 Å². The number of pyridine rings is 1. The summed E-state index contributed by atoms with van der Waals surface area (Å²) in [6.07, 6.45) is 2.40. The summed E-state index contributed by atoms with van der Waals surface area (Å²) in [5.41, 5.74) is 4.25. The van der Waals surface area contributed by atoms with Crippen molar-refractivity contribution in [1.82, 2.24) is 15.6 Å². The maximum Gasteiger partial charge on any atom is 0.132 e. The monoisotopic (exact) mass is 310 g/mol. The minimum absolute atomic E-state index is 0.279. The standard InChI is InChI=1S/C18H22N4O/c23-17-6-2-1-5-13(17)16-8-14(12-4-3-7-19-9-12)15-10-20-11-21-18(15)22-16/h1-2,5-6,8,12,19-20,23H,3-4,7,9-11H2,(H,21,22). The van der Waals surface area contributed by atoms with Gasteiger partial charge in [0.1, 0.15) is 11.6 Å². The van der Waals surface area contributed by atoms with Crippen molar-refractivity contribution in [1.29, 1.82) is 0 Å². The molecule has 1 unspecified atom stereocenters. The van der Waals surface area contributed by atoms with Gasteiger partial charge in [0, 0.05) is 24.2 Å². The van der Waals surface area contributed by atoms with Gasteiger partial charge in [0.15, 0.2) is 0 Å². The topological polar surface area (TPSA) is 69.2 Å². The molecule has 1 fully saturated rings. The molecule has 3 heterocycles. The quantitative estimate of drug-likeness (QED) is 0.686. The van der Waals surface area contributed by atoms with Crippen LogP contribution in [0.3, 0.4) is 0 Å². The molecular formula is C18H22N4O. The van der Waals surface area contributed by atoms with Crippen LogP contribution in [0.1, 0.15) is 29.9 Å². The molecule has 2 aliphatic rings. The number of phenols is 1. The molecule has 1 saturated heterocycles. The van der Waals surface area contributed by atoms with Crippen LogP contribution in [0.5, 0.6) is 5.75 Å². The number of benzene rings is 1. The lowest BCUT2D eigenvalue weighted by atomic mass is 9.87. The summed E-state index contributed by atoms with van der Waals surface area (Å²) in [6, 6.07) is 9.58. The third kappa shape index (κ3) is 2.78. The van der Waals surface area contributed by atoms with Gasteiger partial charge in [-0.15, -0.1) is 0 Å². The van der Waals surface area contributed by atoms with E-state index in [0.717, 1.165) is 43.4 Å². The molecule has 23 heavy (non-hydrogen) atoms. The van der Waals surface area contributed by atoms with E-state index in [-0.39, 0.29) is 5.75 Å². The molecule has 0 bridgehead atoms. The fourth-order valence-electron chi connectivity index (χ4n) is 3.57. The number of hydrogen-bond donors (Lipinski definition) is 4. The van der Waals surface area contributed by atoms with Gasteiger partial charge in [0.2, 0.25) is 0 Å². The number of anilines is 1. The number of para-hydroxylation sites is 1. The van der Waals surface area contributed by atoms with Crippen molar-refractivity contribution in [3.8, 4) is 17.0 Å². The van der Waals surface area contributed by atoms with Crippen molar-refractivity contribution >= 4 is 5.82 Å². The Morgan fingerprint density at radius 1 is 1.17 bits per heavy atom. The Morgan fingerprint density at radius 2 is 2.09 bits per heavy atom. The first-order valence-corrected chi connectivity index (χ1v) is 8.30. The van der Waals surface area contributed by atoms with Crippen molar-refractivity contribution in [3.05, 3.63) is 41.5 Å². The normalized spacial score (nSPS) is 20.6. The van der Waals surface area contributed by atoms with Crippen LogP contribution in [0.15, 0.2) is 30.3 Å². The van der Waals surface area contributed by atoms with Crippen molar-refractivity contribution in [2.45, 2.75) is 25.3 Å². The Bertz CT molecular complexity index is 710. The molecule has 2 aliphatic heterocycles. The third-order valence-corrected chi connectivity index (χ3v) is 4.76. The van der Waals surface area contributed by atoms with Gasteiger partial charge in [-0.1, -0.05) is 12.1 Å². The highest BCUT2D eigenvalue weighted by Gasteiger charge is 2.24. The molecule has 4 rings (SSSR count). The van der Waals surface area contributed by atoms with E-state index in [4.69, 9.17) is 4.98 Å². The summed E-state index contributed by atoms with van der Waals surface area (Å²) < 4.78 is 0. The Hall–Kier alpha value is -2.11. The number of nitrogens with one attached hydrogen (secondary N) is 3. The minimum Gasteiger partial charge on any atom is -0.507 e. The Balaban J connectivity index is 1.83. The van der Waals surface area contributed by atoms with Crippen molar-refractivity contribution in [3.63, 3.8) is 0 Å². The lowest BCUT2D eigenvalue weighted by molar-refractivity contribution is 0.457. The number of piperidine rings is 1. The molecule has 0 saturated carbocycles. The molecule has 1 aromatic carbocycles. The molecule has 4 N–H and O–H groups in total. The highest BCUT2D eigenvalue weighted by molar-refractivity contribution is 5.70. The van der Waals surface area contributed by atoms with Gasteiger partial charge in [-0.2, -0.15) is 0 Å². The molecule has 5 heteroatoms. The summed E-state index contributed by atoms with van der Waals surface area (Å²) in [5, 5.41) is 20.4. The van der Waals surface area contributed by atoms with E-state index in [1.54, 1.807) is 6.07 Å². The average molecular weight is 310 g/mol. The molecule has 1 atom stereocenters. The first kappa shape index (κ1) is 14.5. The van der Waals surface area contributed by atoms with Crippen LogP contribution in [0, 0.1) is 0 Å². The van der Waals surface area contributed by atoms with Gasteiger partial charge < -0.3 is 15.7 Å². The number of nitrogens with zero attached hydrogens (tertiary/aromatic N) is 1. The van der Waals surface area contributed by atoms with Crippen LogP contribution in [-0.2, 0) is 6.54 Å². The molecule has 0 aliphatic carbocycles. The van der Waals surface area contributed by atoms with Gasteiger partial charge in [0.05, 0.1) is 12.4 Å². The van der Waals surface area contributed by atoms with Crippen LogP contribution in [0.25, 0.3) is 11.3 Å². The Kier molecular flexibility index (Phi) is 3.89. The van der Waals surface area contributed by atoms with E-state index in [1.165, 1.54) is 24.0 Å². The second-order valence-electron chi connectivity index (χ2n) is 6.26. The fraction of sp³-hybridized carbons (Fsp3) is 0.389. The van der Waals surface area contributed by atoms with Gasteiger partial charge in [-0.25, -0.2) is 4.98 Å². The number of fused-ring (bicyclic) bond motifs is 1. The summed E-state index contributed by atoms with van der Waals surface area (Å²) in [6.45, 7) is 3.69. The van der Waals surface area contributed by atoms with Crippen LogP contribution in [0.4, 0.5) is 5.82 Å². The SMILES string of the molecule is Oc1ccccc1-c1cc(C2CCCNC2)c2c(n1)NCNC2. The molecule has 0 amide bonds. The van der Waals surface area contributed by atoms with Gasteiger partial charge >= 0.3 is 0 Å². The second kappa shape index (κ2) is 6.18. The lowest BCUT2D eigenvalue weighted by Crippen LogP contribution is -2.33. The summed E-state index contributed by atoms with van der Waals surface area (Å²) in [4.78, 5) is 4.77. The number of rotatable bonds is 2. The largest absolute Gasteiger partial charge is 0.507 e. The molecule has 120 valence electrons. The van der Waals surface area contributed by atoms with Gasteiger partial charge in [0.25, 0.3) is 0 Å². The van der Waals surface area contributed by atoms with E-state index in [1.807, 2.05) is 18.2 Å². The van der Waals surface area contributed by atoms with E-state index in [9.17, 15) is 5.11 Å². The highest BCUT2D eigenvalue weighted by atomic mass is 16.3. The number of aromatic nitrogens is 1. The molecule has 2 aromatic rings. The lowest BCUT2D eigenvalue weighted by Gasteiger charge is -2.29. The Labute approximate surface area is 136 Å². The van der Waals surface area contributed by atoms with Crippen LogP contribution in [0.2, 0.25) is 0 Å². The number of hydrogen-bond acceptors (Lipinski definition) is 5. The van der Waals surface area contributed by atoms with Crippen LogP contribution < -0.4 is 16.0 Å². The minimum atomic E-state index is 0.279. The van der Waals surface area contributed by atoms with Crippen molar-refractivity contribution < 1.29 is 5.11 Å². The predicted molar refractivity (Wildman–Crippen MR) is 91.5 cm³/mol. The maximum absolute atomic E-state index is 10.2. The highest BCUT2D eigenvalue weighted by Crippen LogP contribution is 2.36. The van der Waals surface area contributed by atoms with E-state index >= 15 is 0 Å². The maximum atomic E-state index is 10.2. The molecule has 5 nitrogen and oxygen atoms in total. The molecule has 1 aromatic heterocycles. The van der Waals surface area contributed by atoms with Gasteiger partial charge in [-0.05, 0) is 49.1 Å². The Morgan fingerprint density at radius 3 is 2.91 bits per heavy atom. The van der Waals surface area contributed by atoms with Crippen molar-refractivity contribution in [2.24, 2.45) is 0 Å². The molecular weight excluding hydrogens is 288 g/mol. The van der Waals surface area contributed by atoms with Crippen molar-refractivity contribution in [2.75, 3.05) is 25.1 Å². The van der Waals surface area contributed by atoms with Crippen LogP contribution in [-0.4, -0.2) is 29.8 Å². The second-order valence-corrected chi connectivity index (χ2v) is 6.26. The first-order valence-electron chi connectivity index (χ1n) is 8.30. The fourth-order valence-corrected chi connectivity index (χ4v) is 3.57. The number of phenolic OH excluding ortho intramolecular Hbond substituents is 1. The van der Waals surface area contributed by atoms with E-state index in [2.05, 4.69) is 22.0 Å². The molecule has 0 radical (unpaired) electrons. The zero-order valence-electron chi connectivity index (χ0n) is 13.1. The van der Waals surface area contributed by atoms with E-state index in [0.29, 0.717) is 5.92 Å². The zero-order valence-corrected chi connectivity index (χ0v) is 13.1. The van der Waals surface area contributed by atoms with Gasteiger partial charge in [-0.3, -0.25) is 5.32 Å². The summed E-state index contributed by atoms with van der Waals surface area (Å²) in [7, 11) is 0. The van der Waals surface area contributed by atoms with Crippen LogP contribution >= 0.6 is 0 Å². The summed E-state index contributed by atoms with van der Waals surface area (Å²) in [5.74, 6) is 1.73. The smallest absolute Gasteiger partial charge is 0.132 e. The average Bonchev–Trinajstić information content (AvgIpc) is 2.62. The predicted octanol–water partition coefficient (Wildman–Crippen LogP) is 2.39. The first-order chi connectivity index (χ1) is 11.3. The summed E-state index contributed by atoms with van der Waals surface area (Å²) >= 11 is 0.